The number of carbonyl (C=O) groups is 3. The molecule has 376 valence electrons. The Morgan fingerprint density at radius 2 is 1.69 bits per heavy atom. The molecule has 17 nitrogen and oxygen atoms in total. The van der Waals surface area contributed by atoms with Crippen molar-refractivity contribution in [2.45, 2.75) is 166 Å². The number of methoxy groups -OCH3 is 2. The summed E-state index contributed by atoms with van der Waals surface area (Å²) in [5, 5.41) is 28.6. The third kappa shape index (κ3) is 10.4. The summed E-state index contributed by atoms with van der Waals surface area (Å²) in [6.45, 7) is 15.8. The number of hydrogen-bond acceptors (Lipinski definition) is 16. The number of amides is 1. The van der Waals surface area contributed by atoms with Gasteiger partial charge in [-0.3, -0.25) is 9.59 Å². The van der Waals surface area contributed by atoms with E-state index >= 15 is 4.79 Å². The highest BCUT2D eigenvalue weighted by molar-refractivity contribution is 6.51. The number of likely N-dealkylation sites (N-methyl/N-ethyl adjacent to an activating group) is 1. The molecule has 17 atom stereocenters. The lowest BCUT2D eigenvalue weighted by molar-refractivity contribution is -0.314. The largest absolute Gasteiger partial charge is 0.488 e. The average molecular weight is 969 g/mol. The summed E-state index contributed by atoms with van der Waals surface area (Å²) in [4.78, 5) is 45.9. The van der Waals surface area contributed by atoms with E-state index in [9.17, 15) is 24.2 Å². The molecule has 1 aromatic rings. The minimum absolute atomic E-state index is 0.0419. The maximum atomic E-state index is 15.0. The number of fused-ring (bicyclic) bond motifs is 2. The summed E-state index contributed by atoms with van der Waals surface area (Å²) in [7, 11) is 6.73. The first-order valence-electron chi connectivity index (χ1n) is 23.3. The number of hydrogen-bond donors (Lipinski definition) is 2. The van der Waals surface area contributed by atoms with Crippen molar-refractivity contribution < 1.29 is 71.6 Å². The number of carbonyl (C=O) groups excluding carboxylic acids is 3. The third-order valence-corrected chi connectivity index (χ3v) is 15.4. The molecular weight excluding hydrogens is 897 g/mol. The smallest absolute Gasteiger partial charge is 0.431 e. The molecule has 4 fully saturated rings. The van der Waals surface area contributed by atoms with Crippen molar-refractivity contribution >= 4 is 40.7 Å². The number of ketones is 1. The lowest BCUT2D eigenvalue weighted by Gasteiger charge is -2.49. The minimum Gasteiger partial charge on any atom is -0.488 e. The van der Waals surface area contributed by atoms with Gasteiger partial charge in [-0.05, 0) is 86.2 Å². The highest BCUT2D eigenvalue weighted by Gasteiger charge is 2.61. The molecule has 5 aliphatic heterocycles. The highest BCUT2D eigenvalue weighted by atomic mass is 35.5. The van der Waals surface area contributed by atoms with Crippen molar-refractivity contribution in [2.75, 3.05) is 41.5 Å². The van der Waals surface area contributed by atoms with Crippen LogP contribution in [-0.2, 0) is 47.5 Å². The molecule has 0 spiro atoms. The summed E-state index contributed by atoms with van der Waals surface area (Å²) >= 11 is 6.74. The maximum Gasteiger partial charge on any atom is 0.431 e. The van der Waals surface area contributed by atoms with Crippen LogP contribution in [0.5, 0.6) is 5.75 Å². The zero-order valence-electron chi connectivity index (χ0n) is 41.0. The molecule has 0 aliphatic carbocycles. The van der Waals surface area contributed by atoms with Crippen LogP contribution in [0.3, 0.4) is 0 Å². The van der Waals surface area contributed by atoms with Crippen LogP contribution in [0.4, 0.5) is 9.18 Å². The predicted molar refractivity (Wildman–Crippen MR) is 243 cm³/mol. The maximum absolute atomic E-state index is 15.0. The number of rotatable bonds is 10. The van der Waals surface area contributed by atoms with E-state index in [1.807, 2.05) is 25.9 Å². The highest BCUT2D eigenvalue weighted by Crippen LogP contribution is 2.45. The van der Waals surface area contributed by atoms with E-state index in [0.29, 0.717) is 23.3 Å². The van der Waals surface area contributed by atoms with Gasteiger partial charge in [-0.1, -0.05) is 39.3 Å². The summed E-state index contributed by atoms with van der Waals surface area (Å²) in [6.07, 6.45) is -6.86. The molecule has 19 heteroatoms. The topological polar surface area (TPSA) is 194 Å². The molecule has 67 heavy (non-hydrogen) atoms. The Hall–Kier alpha value is -3.30. The van der Waals surface area contributed by atoms with Gasteiger partial charge in [0.05, 0.1) is 53.3 Å². The van der Waals surface area contributed by atoms with Crippen LogP contribution in [0.2, 0.25) is 0 Å². The molecule has 4 saturated heterocycles. The van der Waals surface area contributed by atoms with Crippen LogP contribution in [0.25, 0.3) is 5.03 Å². The second kappa shape index (κ2) is 21.0. The lowest BCUT2D eigenvalue weighted by atomic mass is 9.73. The first-order chi connectivity index (χ1) is 31.4. The van der Waals surface area contributed by atoms with Gasteiger partial charge in [0.2, 0.25) is 0 Å². The Labute approximate surface area is 398 Å². The molecule has 1 aromatic carbocycles. The van der Waals surface area contributed by atoms with E-state index in [-0.39, 0.29) is 49.3 Å². The Balaban J connectivity index is 1.45. The molecule has 0 saturated carbocycles. The number of hydrazone groups is 1. The molecule has 0 bridgehead atoms. The number of esters is 1. The molecule has 5 aliphatic rings. The van der Waals surface area contributed by atoms with Gasteiger partial charge in [0, 0.05) is 55.6 Å². The second-order valence-corrected chi connectivity index (χ2v) is 20.2. The molecule has 0 aromatic heterocycles. The standard InChI is InChI=1S/C48H71ClFN3O14/c1-14-34-48(9)40(53(45(58)67-48)51-22-29-23-62-33-16-15-30(50)19-31(33)36(29)49)25(3)37(54)24(2)20-47(8,60-13)42(66-44-38(55)32(52(10)11)17-18-61-44)26(4)39(27(5)43(57)64-34)65-35-21-46(7,59-12)41(56)28(6)63-35/h15-16,19,22,24-28,32,34-35,38-42,44,55-56H,14,17-18,20-21,23H2,1-13H3/t24-,25+,26+,27-,28?,32?,34-,35?,38?,39?,40-,41?,42-,44?,46?,47-,48-/m1/s1. The zero-order chi connectivity index (χ0) is 49.5. The second-order valence-electron chi connectivity index (χ2n) is 19.8. The fraction of sp³-hybridized carbons (Fsp3) is 0.750. The van der Waals surface area contributed by atoms with Gasteiger partial charge >= 0.3 is 12.1 Å². The van der Waals surface area contributed by atoms with Crippen LogP contribution in [-0.4, -0.2) is 164 Å². The summed E-state index contributed by atoms with van der Waals surface area (Å²) < 4.78 is 71.0. The molecule has 0 radical (unpaired) electrons. The lowest BCUT2D eigenvalue weighted by Crippen LogP contribution is -2.61. The van der Waals surface area contributed by atoms with Crippen LogP contribution in [0.15, 0.2) is 28.9 Å². The van der Waals surface area contributed by atoms with Crippen LogP contribution >= 0.6 is 11.6 Å². The van der Waals surface area contributed by atoms with Crippen molar-refractivity contribution in [2.24, 2.45) is 28.8 Å². The monoisotopic (exact) mass is 967 g/mol. The van der Waals surface area contributed by atoms with Crippen LogP contribution in [0, 0.1) is 29.5 Å². The van der Waals surface area contributed by atoms with Gasteiger partial charge in [0.1, 0.15) is 48.3 Å². The summed E-state index contributed by atoms with van der Waals surface area (Å²) in [6, 6.07) is 2.53. The SMILES string of the molecule is CC[C@H]1OC(=O)[C@H](C)C(OC2CC(C)(OC)C(O)C(C)O2)[C@H](C)[C@@H](OC2OCCC(N(C)C)C2O)[C@](C)(OC)C[C@@H](C)C(=O)[C@H](C)[C@H]2N(N=CC3=C(Cl)c4cc(F)ccc4OC3)C(=O)O[C@]12C. The van der Waals surface area contributed by atoms with E-state index in [0.717, 1.165) is 5.01 Å². The number of aliphatic hydroxyl groups is 2. The zero-order valence-corrected chi connectivity index (χ0v) is 41.8. The number of halogens is 2. The van der Waals surface area contributed by atoms with Crippen molar-refractivity contribution in [3.63, 3.8) is 0 Å². The molecular formula is C48H71ClFN3O14. The summed E-state index contributed by atoms with van der Waals surface area (Å²) in [5.41, 5.74) is -3.40. The number of Topliss-reactive ketones (excluding diaryl/α,β-unsaturated/α-hetero) is 1. The van der Waals surface area contributed by atoms with E-state index in [2.05, 4.69) is 5.10 Å². The van der Waals surface area contributed by atoms with Crippen molar-refractivity contribution in [1.29, 1.82) is 0 Å². The normalized spacial score (nSPS) is 41.4. The van der Waals surface area contributed by atoms with E-state index in [1.165, 1.54) is 38.6 Å². The van der Waals surface area contributed by atoms with E-state index < -0.39 is 114 Å². The fourth-order valence-corrected chi connectivity index (χ4v) is 11.1. The van der Waals surface area contributed by atoms with Gasteiger partial charge < -0.3 is 57.7 Å². The Bertz CT molecular complexity index is 2030. The van der Waals surface area contributed by atoms with Crippen LogP contribution in [0.1, 0.15) is 93.6 Å². The summed E-state index contributed by atoms with van der Waals surface area (Å²) in [5.74, 6) is -4.72. The van der Waals surface area contributed by atoms with Crippen molar-refractivity contribution in [1.82, 2.24) is 9.91 Å². The number of aliphatic hydroxyl groups excluding tert-OH is 2. The quantitative estimate of drug-likeness (QED) is 0.215. The number of ether oxygens (including phenoxy) is 9. The molecule has 8 unspecified atom stereocenters. The molecule has 6 rings (SSSR count). The Morgan fingerprint density at radius 1 is 1.00 bits per heavy atom. The average Bonchev–Trinajstić information content (AvgIpc) is 3.55. The Kier molecular flexibility index (Phi) is 16.6. The van der Waals surface area contributed by atoms with E-state index in [4.69, 9.17) is 54.2 Å². The minimum atomic E-state index is -1.64. The first kappa shape index (κ1) is 53.1. The van der Waals surface area contributed by atoms with Gasteiger partial charge in [0.15, 0.2) is 18.2 Å². The van der Waals surface area contributed by atoms with Gasteiger partial charge in [-0.2, -0.15) is 10.1 Å². The molecule has 1 amide bonds. The first-order valence-corrected chi connectivity index (χ1v) is 23.6. The predicted octanol–water partition coefficient (Wildman–Crippen LogP) is 5.69. The van der Waals surface area contributed by atoms with Gasteiger partial charge in [-0.15, -0.1) is 0 Å². The molecule has 5 heterocycles. The van der Waals surface area contributed by atoms with Gasteiger partial charge in [0.25, 0.3) is 0 Å². The van der Waals surface area contributed by atoms with E-state index in [1.54, 1.807) is 55.4 Å². The van der Waals surface area contributed by atoms with Crippen LogP contribution < -0.4 is 4.74 Å². The van der Waals surface area contributed by atoms with Crippen molar-refractivity contribution in [3.05, 3.63) is 35.2 Å². The number of benzene rings is 1. The van der Waals surface area contributed by atoms with Gasteiger partial charge in [-0.25, -0.2) is 9.18 Å². The number of cyclic esters (lactones) is 1. The third-order valence-electron chi connectivity index (χ3n) is 14.9. The number of nitrogens with zero attached hydrogens (tertiary/aromatic N) is 3. The van der Waals surface area contributed by atoms with Crippen molar-refractivity contribution in [3.8, 4) is 5.75 Å². The molecule has 2 N–H and O–H groups in total. The fourth-order valence-electron chi connectivity index (χ4n) is 10.8. The Morgan fingerprint density at radius 3 is 2.33 bits per heavy atom.